The Morgan fingerprint density at radius 3 is 3.05 bits per heavy atom. The van der Waals surface area contributed by atoms with Crippen LogP contribution in [-0.2, 0) is 24.1 Å². The molecule has 2 aromatic rings. The lowest BCUT2D eigenvalue weighted by Crippen LogP contribution is -2.09. The third-order valence-electron chi connectivity index (χ3n) is 3.72. The number of carbonyl (C=O) groups is 1. The molecule has 0 atom stereocenters. The maximum Gasteiger partial charge on any atom is 0.376 e. The molecule has 0 N–H and O–H groups in total. The molecule has 1 aliphatic carbocycles. The van der Waals surface area contributed by atoms with Gasteiger partial charge in [0.15, 0.2) is 0 Å². The van der Waals surface area contributed by atoms with E-state index in [1.54, 1.807) is 13.8 Å². The van der Waals surface area contributed by atoms with Crippen molar-refractivity contribution in [1.82, 2.24) is 14.5 Å². The number of oxazole rings is 1. The summed E-state index contributed by atoms with van der Waals surface area (Å²) < 4.78 is 12.6. The SMILES string of the molecule is CCOC(=O)c1oc(Cn2cnc3c2CCCC3)nc1C. The minimum absolute atomic E-state index is 0.195. The van der Waals surface area contributed by atoms with E-state index in [1.165, 1.54) is 24.2 Å². The monoisotopic (exact) mass is 289 g/mol. The second kappa shape index (κ2) is 5.71. The molecule has 2 heterocycles. The summed E-state index contributed by atoms with van der Waals surface area (Å²) in [4.78, 5) is 20.5. The zero-order valence-electron chi connectivity index (χ0n) is 12.4. The number of rotatable bonds is 4. The van der Waals surface area contributed by atoms with Gasteiger partial charge in [0.2, 0.25) is 11.7 Å². The number of imidazole rings is 1. The molecule has 112 valence electrons. The first-order valence-electron chi connectivity index (χ1n) is 7.35. The second-order valence-corrected chi connectivity index (χ2v) is 5.22. The summed E-state index contributed by atoms with van der Waals surface area (Å²) in [6.07, 6.45) is 6.31. The maximum atomic E-state index is 11.7. The van der Waals surface area contributed by atoms with E-state index in [4.69, 9.17) is 9.15 Å². The van der Waals surface area contributed by atoms with Crippen molar-refractivity contribution in [2.45, 2.75) is 46.1 Å². The molecular weight excluding hydrogens is 270 g/mol. The topological polar surface area (TPSA) is 70.2 Å². The van der Waals surface area contributed by atoms with Crippen LogP contribution in [0.3, 0.4) is 0 Å². The van der Waals surface area contributed by atoms with E-state index in [9.17, 15) is 4.79 Å². The van der Waals surface area contributed by atoms with Gasteiger partial charge >= 0.3 is 5.97 Å². The summed E-state index contributed by atoms with van der Waals surface area (Å²) in [5.41, 5.74) is 3.00. The van der Waals surface area contributed by atoms with Crippen molar-refractivity contribution in [1.29, 1.82) is 0 Å². The van der Waals surface area contributed by atoms with Crippen molar-refractivity contribution < 1.29 is 13.9 Å². The average molecular weight is 289 g/mol. The molecule has 6 nitrogen and oxygen atoms in total. The van der Waals surface area contributed by atoms with Crippen LogP contribution in [0, 0.1) is 6.92 Å². The van der Waals surface area contributed by atoms with Gasteiger partial charge in [-0.15, -0.1) is 0 Å². The number of ether oxygens (including phenoxy) is 1. The Labute approximate surface area is 123 Å². The molecule has 0 bridgehead atoms. The minimum Gasteiger partial charge on any atom is -0.460 e. The summed E-state index contributed by atoms with van der Waals surface area (Å²) in [5, 5.41) is 0. The summed E-state index contributed by atoms with van der Waals surface area (Å²) >= 11 is 0. The largest absolute Gasteiger partial charge is 0.460 e. The highest BCUT2D eigenvalue weighted by Gasteiger charge is 2.20. The summed E-state index contributed by atoms with van der Waals surface area (Å²) in [6, 6.07) is 0. The normalized spacial score (nSPS) is 14.0. The van der Waals surface area contributed by atoms with E-state index in [-0.39, 0.29) is 5.76 Å². The van der Waals surface area contributed by atoms with Crippen molar-refractivity contribution in [2.24, 2.45) is 0 Å². The van der Waals surface area contributed by atoms with Crippen molar-refractivity contribution in [2.75, 3.05) is 6.61 Å². The Kier molecular flexibility index (Phi) is 3.77. The van der Waals surface area contributed by atoms with Crippen LogP contribution in [-0.4, -0.2) is 27.1 Å². The number of hydrogen-bond donors (Lipinski definition) is 0. The van der Waals surface area contributed by atoms with E-state index >= 15 is 0 Å². The fraction of sp³-hybridized carbons (Fsp3) is 0.533. The molecule has 1 aliphatic rings. The molecule has 0 amide bonds. The zero-order valence-corrected chi connectivity index (χ0v) is 12.4. The Balaban J connectivity index is 1.81. The molecule has 0 fully saturated rings. The molecular formula is C15H19N3O3. The van der Waals surface area contributed by atoms with Gasteiger partial charge in [-0.05, 0) is 39.5 Å². The first kappa shape index (κ1) is 13.9. The van der Waals surface area contributed by atoms with Gasteiger partial charge in [-0.1, -0.05) is 0 Å². The van der Waals surface area contributed by atoms with Gasteiger partial charge in [0.05, 0.1) is 24.3 Å². The fourth-order valence-electron chi connectivity index (χ4n) is 2.72. The van der Waals surface area contributed by atoms with Crippen molar-refractivity contribution in [3.05, 3.63) is 35.1 Å². The summed E-state index contributed by atoms with van der Waals surface area (Å²) in [6.45, 7) is 4.34. The number of fused-ring (bicyclic) bond motifs is 1. The van der Waals surface area contributed by atoms with Crippen LogP contribution in [0.4, 0.5) is 0 Å². The average Bonchev–Trinajstić information content (AvgIpc) is 3.04. The minimum atomic E-state index is -0.457. The molecule has 0 radical (unpaired) electrons. The van der Waals surface area contributed by atoms with Crippen molar-refractivity contribution in [3.8, 4) is 0 Å². The van der Waals surface area contributed by atoms with Crippen LogP contribution in [0.15, 0.2) is 10.7 Å². The lowest BCUT2D eigenvalue weighted by atomic mass is 10.0. The molecule has 0 saturated carbocycles. The molecule has 0 saturated heterocycles. The third-order valence-corrected chi connectivity index (χ3v) is 3.72. The van der Waals surface area contributed by atoms with Gasteiger partial charge in [-0.25, -0.2) is 14.8 Å². The maximum absolute atomic E-state index is 11.7. The quantitative estimate of drug-likeness (QED) is 0.808. The van der Waals surface area contributed by atoms with E-state index in [0.717, 1.165) is 12.8 Å². The second-order valence-electron chi connectivity index (χ2n) is 5.22. The highest BCUT2D eigenvalue weighted by molar-refractivity contribution is 5.87. The molecule has 0 aliphatic heterocycles. The van der Waals surface area contributed by atoms with Crippen LogP contribution in [0.1, 0.15) is 53.3 Å². The molecule has 0 spiro atoms. The smallest absolute Gasteiger partial charge is 0.376 e. The van der Waals surface area contributed by atoms with Gasteiger partial charge < -0.3 is 13.7 Å². The van der Waals surface area contributed by atoms with E-state index in [2.05, 4.69) is 14.5 Å². The van der Waals surface area contributed by atoms with Gasteiger partial charge in [-0.2, -0.15) is 0 Å². The van der Waals surface area contributed by atoms with Crippen LogP contribution in [0.5, 0.6) is 0 Å². The molecule has 0 unspecified atom stereocenters. The van der Waals surface area contributed by atoms with Gasteiger partial charge in [-0.3, -0.25) is 0 Å². The predicted molar refractivity (Wildman–Crippen MR) is 75.2 cm³/mol. The van der Waals surface area contributed by atoms with E-state index in [1.807, 2.05) is 6.33 Å². The number of nitrogens with zero attached hydrogens (tertiary/aromatic N) is 3. The first-order chi connectivity index (χ1) is 10.2. The number of aryl methyl sites for hydroxylation is 2. The lowest BCUT2D eigenvalue weighted by Gasteiger charge is -2.12. The summed E-state index contributed by atoms with van der Waals surface area (Å²) in [7, 11) is 0. The van der Waals surface area contributed by atoms with Crippen molar-refractivity contribution in [3.63, 3.8) is 0 Å². The Morgan fingerprint density at radius 2 is 2.24 bits per heavy atom. The Bertz CT molecular complexity index is 657. The van der Waals surface area contributed by atoms with Crippen molar-refractivity contribution >= 4 is 5.97 Å². The predicted octanol–water partition coefficient (Wildman–Crippen LogP) is 2.28. The summed E-state index contributed by atoms with van der Waals surface area (Å²) in [5.74, 6) is 0.253. The number of esters is 1. The highest BCUT2D eigenvalue weighted by atomic mass is 16.5. The third kappa shape index (κ3) is 2.70. The van der Waals surface area contributed by atoms with E-state index in [0.29, 0.717) is 24.7 Å². The van der Waals surface area contributed by atoms with Gasteiger partial charge in [0, 0.05) is 5.69 Å². The number of carbonyl (C=O) groups excluding carboxylic acids is 1. The van der Waals surface area contributed by atoms with E-state index < -0.39 is 5.97 Å². The molecule has 0 aromatic carbocycles. The number of aromatic nitrogens is 3. The molecule has 21 heavy (non-hydrogen) atoms. The van der Waals surface area contributed by atoms with Crippen LogP contribution >= 0.6 is 0 Å². The first-order valence-corrected chi connectivity index (χ1v) is 7.35. The molecule has 2 aromatic heterocycles. The van der Waals surface area contributed by atoms with Gasteiger partial charge in [0.25, 0.3) is 0 Å². The zero-order chi connectivity index (χ0) is 14.8. The molecule has 6 heteroatoms. The number of hydrogen-bond acceptors (Lipinski definition) is 5. The lowest BCUT2D eigenvalue weighted by molar-refractivity contribution is 0.0486. The van der Waals surface area contributed by atoms with Crippen LogP contribution in [0.25, 0.3) is 0 Å². The fourth-order valence-corrected chi connectivity index (χ4v) is 2.72. The molecule has 3 rings (SSSR count). The van der Waals surface area contributed by atoms with Gasteiger partial charge in [0.1, 0.15) is 6.54 Å². The Hall–Kier alpha value is -2.11. The Morgan fingerprint density at radius 1 is 1.43 bits per heavy atom. The van der Waals surface area contributed by atoms with Crippen LogP contribution in [0.2, 0.25) is 0 Å². The highest BCUT2D eigenvalue weighted by Crippen LogP contribution is 2.21. The van der Waals surface area contributed by atoms with Crippen LogP contribution < -0.4 is 0 Å². The standard InChI is InChI=1S/C15H19N3O3/c1-3-20-15(19)14-10(2)17-13(21-14)8-18-9-16-11-6-4-5-7-12(11)18/h9H,3-8H2,1-2H3.